The smallest absolute Gasteiger partial charge is 0.323 e. The average Bonchev–Trinajstić information content (AvgIpc) is 2.13. The fraction of sp³-hybridized carbons (Fsp3) is 0.846. The molecule has 0 aliphatic carbocycles. The Kier molecular flexibility index (Phi) is 3.83. The van der Waals surface area contributed by atoms with Gasteiger partial charge in [0.25, 0.3) is 0 Å². The second-order valence-electron chi connectivity index (χ2n) is 6.19. The van der Waals surface area contributed by atoms with E-state index in [-0.39, 0.29) is 17.0 Å². The molecule has 0 radical (unpaired) electrons. The lowest BCUT2D eigenvalue weighted by Crippen LogP contribution is -2.59. The fourth-order valence-electron chi connectivity index (χ4n) is 3.11. The Hall–Kier alpha value is -1.08. The zero-order valence-electron chi connectivity index (χ0n) is 11.3. The SMILES string of the molecule is COC(=O)[C@@H](C#N)C1CC(C)(C)NC(C)(C)C1. The minimum atomic E-state index is -0.652. The molecule has 17 heavy (non-hydrogen) atoms. The van der Waals surface area contributed by atoms with Crippen molar-refractivity contribution in [2.45, 2.75) is 51.6 Å². The molecule has 0 aromatic carbocycles. The molecule has 0 amide bonds. The summed E-state index contributed by atoms with van der Waals surface area (Å²) in [6, 6.07) is 2.10. The summed E-state index contributed by atoms with van der Waals surface area (Å²) in [5.41, 5.74) is -0.120. The number of nitrogens with zero attached hydrogens (tertiary/aromatic N) is 1. The van der Waals surface area contributed by atoms with E-state index in [9.17, 15) is 4.79 Å². The Morgan fingerprint density at radius 2 is 1.82 bits per heavy atom. The van der Waals surface area contributed by atoms with Crippen LogP contribution in [-0.4, -0.2) is 24.2 Å². The van der Waals surface area contributed by atoms with E-state index in [2.05, 4.69) is 39.1 Å². The molecule has 0 bridgehead atoms. The van der Waals surface area contributed by atoms with E-state index >= 15 is 0 Å². The number of hydrogen-bond acceptors (Lipinski definition) is 4. The standard InChI is InChI=1S/C13H22N2O2/c1-12(2)6-9(7-13(3,4)15-12)10(8-14)11(16)17-5/h9-10,15H,6-7H2,1-5H3/t10-/m0/s1. The third-order valence-electron chi connectivity index (χ3n) is 3.29. The molecule has 1 saturated heterocycles. The summed E-state index contributed by atoms with van der Waals surface area (Å²) in [4.78, 5) is 11.6. The van der Waals surface area contributed by atoms with Crippen molar-refractivity contribution in [3.63, 3.8) is 0 Å². The zero-order chi connectivity index (χ0) is 13.3. The number of nitriles is 1. The van der Waals surface area contributed by atoms with Crippen LogP contribution < -0.4 is 5.32 Å². The van der Waals surface area contributed by atoms with Crippen LogP contribution in [0.3, 0.4) is 0 Å². The summed E-state index contributed by atoms with van der Waals surface area (Å²) in [5.74, 6) is -1.01. The second kappa shape index (κ2) is 4.66. The first kappa shape index (κ1) is 14.0. The average molecular weight is 238 g/mol. The Morgan fingerprint density at radius 3 is 2.18 bits per heavy atom. The van der Waals surface area contributed by atoms with Crippen molar-refractivity contribution in [1.82, 2.24) is 5.32 Å². The molecule has 0 spiro atoms. The van der Waals surface area contributed by atoms with E-state index in [4.69, 9.17) is 10.00 Å². The van der Waals surface area contributed by atoms with Gasteiger partial charge in [-0.2, -0.15) is 5.26 Å². The summed E-state index contributed by atoms with van der Waals surface area (Å²) < 4.78 is 4.71. The quantitative estimate of drug-likeness (QED) is 0.746. The monoisotopic (exact) mass is 238 g/mol. The molecule has 1 atom stereocenters. The van der Waals surface area contributed by atoms with Gasteiger partial charge in [0, 0.05) is 11.1 Å². The van der Waals surface area contributed by atoms with E-state index in [1.165, 1.54) is 7.11 Å². The first-order chi connectivity index (χ1) is 7.71. The number of carbonyl (C=O) groups is 1. The number of ether oxygens (including phenoxy) is 1. The van der Waals surface area contributed by atoms with Crippen molar-refractivity contribution in [3.05, 3.63) is 0 Å². The molecule has 0 unspecified atom stereocenters. The summed E-state index contributed by atoms with van der Waals surface area (Å²) in [6.45, 7) is 8.42. The predicted molar refractivity (Wildman–Crippen MR) is 65.1 cm³/mol. The van der Waals surface area contributed by atoms with Gasteiger partial charge in [-0.05, 0) is 46.5 Å². The number of rotatable bonds is 2. The van der Waals surface area contributed by atoms with Gasteiger partial charge in [-0.15, -0.1) is 0 Å². The van der Waals surface area contributed by atoms with Gasteiger partial charge in [-0.25, -0.2) is 0 Å². The van der Waals surface area contributed by atoms with E-state index in [1.807, 2.05) is 0 Å². The van der Waals surface area contributed by atoms with Crippen LogP contribution in [0.1, 0.15) is 40.5 Å². The largest absolute Gasteiger partial charge is 0.468 e. The van der Waals surface area contributed by atoms with Gasteiger partial charge in [0.15, 0.2) is 0 Å². The summed E-state index contributed by atoms with van der Waals surface area (Å²) >= 11 is 0. The highest BCUT2D eigenvalue weighted by Crippen LogP contribution is 2.37. The maximum atomic E-state index is 11.6. The van der Waals surface area contributed by atoms with E-state index in [0.29, 0.717) is 0 Å². The molecule has 4 heteroatoms. The van der Waals surface area contributed by atoms with Crippen molar-refractivity contribution in [2.75, 3.05) is 7.11 Å². The molecule has 0 saturated carbocycles. The summed E-state index contributed by atoms with van der Waals surface area (Å²) in [6.07, 6.45) is 1.62. The second-order valence-corrected chi connectivity index (χ2v) is 6.19. The lowest BCUT2D eigenvalue weighted by Gasteiger charge is -2.47. The van der Waals surface area contributed by atoms with Crippen molar-refractivity contribution in [2.24, 2.45) is 11.8 Å². The van der Waals surface area contributed by atoms with Gasteiger partial charge in [-0.3, -0.25) is 4.79 Å². The van der Waals surface area contributed by atoms with Gasteiger partial charge in [0.2, 0.25) is 0 Å². The Bertz CT molecular complexity index is 326. The minimum absolute atomic E-state index is 0.0544. The molecule has 4 nitrogen and oxygen atoms in total. The van der Waals surface area contributed by atoms with Crippen molar-refractivity contribution in [3.8, 4) is 6.07 Å². The van der Waals surface area contributed by atoms with Crippen molar-refractivity contribution in [1.29, 1.82) is 5.26 Å². The molecular formula is C13H22N2O2. The third-order valence-corrected chi connectivity index (χ3v) is 3.29. The van der Waals surface area contributed by atoms with Gasteiger partial charge in [-0.1, -0.05) is 0 Å². The molecule has 1 aliphatic heterocycles. The highest BCUT2D eigenvalue weighted by atomic mass is 16.5. The molecule has 0 aromatic heterocycles. The normalized spacial score (nSPS) is 24.7. The van der Waals surface area contributed by atoms with E-state index in [0.717, 1.165) is 12.8 Å². The van der Waals surface area contributed by atoms with Crippen molar-refractivity contribution >= 4 is 5.97 Å². The summed E-state index contributed by atoms with van der Waals surface area (Å²) in [5, 5.41) is 12.7. The van der Waals surface area contributed by atoms with Crippen LogP contribution >= 0.6 is 0 Å². The lowest BCUT2D eigenvalue weighted by molar-refractivity contribution is -0.146. The van der Waals surface area contributed by atoms with E-state index < -0.39 is 11.9 Å². The lowest BCUT2D eigenvalue weighted by atomic mass is 9.71. The molecule has 1 aliphatic rings. The minimum Gasteiger partial charge on any atom is -0.468 e. The maximum absolute atomic E-state index is 11.6. The molecular weight excluding hydrogens is 216 g/mol. The van der Waals surface area contributed by atoms with Gasteiger partial charge >= 0.3 is 5.97 Å². The number of hydrogen-bond donors (Lipinski definition) is 1. The van der Waals surface area contributed by atoms with Crippen molar-refractivity contribution < 1.29 is 9.53 Å². The molecule has 1 rings (SSSR count). The highest BCUT2D eigenvalue weighted by molar-refractivity contribution is 5.75. The van der Waals surface area contributed by atoms with Crippen LogP contribution in [0.2, 0.25) is 0 Å². The molecule has 0 aromatic rings. The Balaban J connectivity index is 2.90. The molecule has 96 valence electrons. The first-order valence-corrected chi connectivity index (χ1v) is 5.97. The van der Waals surface area contributed by atoms with Crippen LogP contribution in [0.4, 0.5) is 0 Å². The molecule has 1 N–H and O–H groups in total. The number of nitrogens with one attached hydrogen (secondary N) is 1. The van der Waals surface area contributed by atoms with Gasteiger partial charge in [0.05, 0.1) is 13.2 Å². The van der Waals surface area contributed by atoms with Crippen LogP contribution in [-0.2, 0) is 9.53 Å². The van der Waals surface area contributed by atoms with Crippen LogP contribution in [0.5, 0.6) is 0 Å². The number of carbonyl (C=O) groups excluding carboxylic acids is 1. The van der Waals surface area contributed by atoms with Crippen LogP contribution in [0, 0.1) is 23.2 Å². The number of methoxy groups -OCH3 is 1. The van der Waals surface area contributed by atoms with Crippen LogP contribution in [0.25, 0.3) is 0 Å². The zero-order valence-corrected chi connectivity index (χ0v) is 11.3. The van der Waals surface area contributed by atoms with Gasteiger partial charge < -0.3 is 10.1 Å². The molecule has 1 heterocycles. The highest BCUT2D eigenvalue weighted by Gasteiger charge is 2.43. The van der Waals surface area contributed by atoms with Crippen LogP contribution in [0.15, 0.2) is 0 Å². The third kappa shape index (κ3) is 3.44. The first-order valence-electron chi connectivity index (χ1n) is 5.97. The van der Waals surface area contributed by atoms with Gasteiger partial charge in [0.1, 0.15) is 5.92 Å². The molecule has 1 fully saturated rings. The summed E-state index contributed by atoms with van der Waals surface area (Å²) in [7, 11) is 1.34. The fourth-order valence-corrected chi connectivity index (χ4v) is 3.11. The Morgan fingerprint density at radius 1 is 1.35 bits per heavy atom. The Labute approximate surface area is 103 Å². The number of esters is 1. The predicted octanol–water partition coefficient (Wildman–Crippen LogP) is 1.86. The topological polar surface area (TPSA) is 62.1 Å². The maximum Gasteiger partial charge on any atom is 0.323 e. The van der Waals surface area contributed by atoms with E-state index in [1.54, 1.807) is 0 Å². The number of piperidine rings is 1.